The number of para-hydroxylation sites is 1. The largest absolute Gasteiger partial charge is 0.493 e. The standard InChI is InChI=1S/C27H30N4O5/c1-34-23-8-7-19(17-24(23)35-2)26(32)30-11-9-29(10-12-30)25-18-21(20-5-3-4-6-22(20)28-25)27(33)31-13-15-36-16-14-31/h3-8,17-18H,9-16H2,1-2H3. The van der Waals surface area contributed by atoms with Gasteiger partial charge in [0.25, 0.3) is 11.8 Å². The smallest absolute Gasteiger partial charge is 0.254 e. The van der Waals surface area contributed by atoms with Gasteiger partial charge >= 0.3 is 0 Å². The van der Waals surface area contributed by atoms with Gasteiger partial charge in [-0.25, -0.2) is 4.98 Å². The quantitative estimate of drug-likeness (QED) is 0.544. The summed E-state index contributed by atoms with van der Waals surface area (Å²) in [5, 5.41) is 0.847. The molecule has 0 atom stereocenters. The van der Waals surface area contributed by atoms with Crippen LogP contribution in [0.25, 0.3) is 10.9 Å². The maximum absolute atomic E-state index is 13.4. The Morgan fingerprint density at radius 2 is 1.50 bits per heavy atom. The molecule has 2 amide bonds. The highest BCUT2D eigenvalue weighted by molar-refractivity contribution is 6.07. The molecule has 3 aromatic rings. The normalized spacial score (nSPS) is 16.2. The van der Waals surface area contributed by atoms with Gasteiger partial charge in [-0.3, -0.25) is 9.59 Å². The fourth-order valence-electron chi connectivity index (χ4n) is 4.73. The lowest BCUT2D eigenvalue weighted by atomic mass is 10.1. The number of carbonyl (C=O) groups is 2. The highest BCUT2D eigenvalue weighted by Crippen LogP contribution is 2.29. The Bertz CT molecular complexity index is 1270. The number of hydrogen-bond donors (Lipinski definition) is 0. The van der Waals surface area contributed by atoms with Crippen molar-refractivity contribution in [3.63, 3.8) is 0 Å². The number of nitrogens with zero attached hydrogens (tertiary/aromatic N) is 4. The molecule has 0 unspecified atom stereocenters. The van der Waals surface area contributed by atoms with Crippen molar-refractivity contribution in [1.82, 2.24) is 14.8 Å². The average molecular weight is 491 g/mol. The van der Waals surface area contributed by atoms with Crippen LogP contribution in [0.15, 0.2) is 48.5 Å². The van der Waals surface area contributed by atoms with Crippen molar-refractivity contribution in [2.75, 3.05) is 71.6 Å². The van der Waals surface area contributed by atoms with Crippen LogP contribution in [0.3, 0.4) is 0 Å². The molecule has 0 N–H and O–H groups in total. The number of aromatic nitrogens is 1. The fourth-order valence-corrected chi connectivity index (χ4v) is 4.73. The Hall–Kier alpha value is -3.85. The Balaban J connectivity index is 1.34. The first-order chi connectivity index (χ1) is 17.6. The van der Waals surface area contributed by atoms with Crippen LogP contribution in [0.4, 0.5) is 5.82 Å². The number of anilines is 1. The van der Waals surface area contributed by atoms with Gasteiger partial charge in [0, 0.05) is 50.2 Å². The monoisotopic (exact) mass is 490 g/mol. The summed E-state index contributed by atoms with van der Waals surface area (Å²) in [6.45, 7) is 4.62. The van der Waals surface area contributed by atoms with Gasteiger partial charge in [-0.1, -0.05) is 18.2 Å². The van der Waals surface area contributed by atoms with Crippen LogP contribution >= 0.6 is 0 Å². The van der Waals surface area contributed by atoms with Crippen LogP contribution < -0.4 is 14.4 Å². The van der Waals surface area contributed by atoms with Crippen molar-refractivity contribution in [2.24, 2.45) is 0 Å². The molecule has 1 aromatic heterocycles. The molecule has 2 aromatic carbocycles. The minimum Gasteiger partial charge on any atom is -0.493 e. The molecule has 0 bridgehead atoms. The van der Waals surface area contributed by atoms with E-state index < -0.39 is 0 Å². The van der Waals surface area contributed by atoms with Gasteiger partial charge in [-0.2, -0.15) is 0 Å². The summed E-state index contributed by atoms with van der Waals surface area (Å²) in [6, 6.07) is 14.8. The van der Waals surface area contributed by atoms with Gasteiger partial charge in [0.1, 0.15) is 5.82 Å². The van der Waals surface area contributed by atoms with Crippen molar-refractivity contribution in [3.05, 3.63) is 59.7 Å². The van der Waals surface area contributed by atoms with Crippen molar-refractivity contribution < 1.29 is 23.8 Å². The van der Waals surface area contributed by atoms with Gasteiger partial charge in [0.2, 0.25) is 0 Å². The number of methoxy groups -OCH3 is 2. The molecule has 3 heterocycles. The third kappa shape index (κ3) is 4.66. The number of benzene rings is 2. The van der Waals surface area contributed by atoms with E-state index in [-0.39, 0.29) is 11.8 Å². The molecule has 5 rings (SSSR count). The first-order valence-corrected chi connectivity index (χ1v) is 12.1. The van der Waals surface area contributed by atoms with E-state index in [1.165, 1.54) is 0 Å². The zero-order valence-electron chi connectivity index (χ0n) is 20.6. The minimum atomic E-state index is -0.0507. The fraction of sp³-hybridized carbons (Fsp3) is 0.370. The summed E-state index contributed by atoms with van der Waals surface area (Å²) in [7, 11) is 3.12. The molecule has 0 aliphatic carbocycles. The van der Waals surface area contributed by atoms with E-state index in [2.05, 4.69) is 4.90 Å². The highest BCUT2D eigenvalue weighted by atomic mass is 16.5. The number of morpholine rings is 1. The van der Waals surface area contributed by atoms with Gasteiger partial charge < -0.3 is 28.9 Å². The predicted octanol–water partition coefficient (Wildman–Crippen LogP) is 2.69. The van der Waals surface area contributed by atoms with Crippen LogP contribution in [0.5, 0.6) is 11.5 Å². The Morgan fingerprint density at radius 3 is 2.22 bits per heavy atom. The zero-order chi connectivity index (χ0) is 25.1. The van der Waals surface area contributed by atoms with Crippen LogP contribution in [0.1, 0.15) is 20.7 Å². The summed E-state index contributed by atoms with van der Waals surface area (Å²) in [5.74, 6) is 1.82. The molecule has 0 saturated carbocycles. The summed E-state index contributed by atoms with van der Waals surface area (Å²) < 4.78 is 16.0. The Kier molecular flexibility index (Phi) is 6.90. The van der Waals surface area contributed by atoms with E-state index in [0.29, 0.717) is 75.1 Å². The average Bonchev–Trinajstić information content (AvgIpc) is 2.96. The molecule has 9 heteroatoms. The zero-order valence-corrected chi connectivity index (χ0v) is 20.6. The van der Waals surface area contributed by atoms with Crippen molar-refractivity contribution in [3.8, 4) is 11.5 Å². The summed E-state index contributed by atoms with van der Waals surface area (Å²) in [5.41, 5.74) is 2.00. The molecule has 188 valence electrons. The third-order valence-electron chi connectivity index (χ3n) is 6.75. The number of hydrogen-bond acceptors (Lipinski definition) is 7. The van der Waals surface area contributed by atoms with E-state index in [1.807, 2.05) is 40.1 Å². The van der Waals surface area contributed by atoms with Crippen LogP contribution in [-0.4, -0.2) is 93.3 Å². The topological polar surface area (TPSA) is 84.4 Å². The van der Waals surface area contributed by atoms with Gasteiger partial charge in [0.15, 0.2) is 11.5 Å². The number of ether oxygens (including phenoxy) is 3. The Labute approximate surface area is 210 Å². The molecule has 36 heavy (non-hydrogen) atoms. The first-order valence-electron chi connectivity index (χ1n) is 12.1. The summed E-state index contributed by atoms with van der Waals surface area (Å²) in [4.78, 5) is 37.2. The lowest BCUT2D eigenvalue weighted by Gasteiger charge is -2.36. The second-order valence-corrected chi connectivity index (χ2v) is 8.80. The second-order valence-electron chi connectivity index (χ2n) is 8.80. The first kappa shape index (κ1) is 23.9. The molecular weight excluding hydrogens is 460 g/mol. The molecule has 2 saturated heterocycles. The highest BCUT2D eigenvalue weighted by Gasteiger charge is 2.26. The second kappa shape index (κ2) is 10.4. The maximum atomic E-state index is 13.4. The van der Waals surface area contributed by atoms with Crippen molar-refractivity contribution in [1.29, 1.82) is 0 Å². The molecule has 2 aliphatic rings. The molecule has 0 spiro atoms. The number of rotatable bonds is 5. The summed E-state index contributed by atoms with van der Waals surface area (Å²) in [6.07, 6.45) is 0. The number of piperazine rings is 1. The minimum absolute atomic E-state index is 0.000386. The van der Waals surface area contributed by atoms with Gasteiger partial charge in [-0.15, -0.1) is 0 Å². The summed E-state index contributed by atoms with van der Waals surface area (Å²) >= 11 is 0. The van der Waals surface area contributed by atoms with E-state index >= 15 is 0 Å². The number of pyridine rings is 1. The van der Waals surface area contributed by atoms with Crippen LogP contribution in [0, 0.1) is 0 Å². The van der Waals surface area contributed by atoms with E-state index in [9.17, 15) is 9.59 Å². The predicted molar refractivity (Wildman–Crippen MR) is 136 cm³/mol. The van der Waals surface area contributed by atoms with E-state index in [4.69, 9.17) is 19.2 Å². The third-order valence-corrected chi connectivity index (χ3v) is 6.75. The van der Waals surface area contributed by atoms with E-state index in [0.717, 1.165) is 16.7 Å². The Morgan fingerprint density at radius 1 is 0.806 bits per heavy atom. The maximum Gasteiger partial charge on any atom is 0.254 e. The molecular formula is C27H30N4O5. The molecule has 9 nitrogen and oxygen atoms in total. The molecule has 2 aliphatic heterocycles. The molecule has 2 fully saturated rings. The lowest BCUT2D eigenvalue weighted by Crippen LogP contribution is -2.49. The van der Waals surface area contributed by atoms with Crippen molar-refractivity contribution in [2.45, 2.75) is 0 Å². The van der Waals surface area contributed by atoms with Gasteiger partial charge in [0.05, 0.1) is 38.5 Å². The van der Waals surface area contributed by atoms with Crippen LogP contribution in [0.2, 0.25) is 0 Å². The van der Waals surface area contributed by atoms with Gasteiger partial charge in [-0.05, 0) is 30.3 Å². The number of amides is 2. The molecule has 0 radical (unpaired) electrons. The van der Waals surface area contributed by atoms with E-state index in [1.54, 1.807) is 32.4 Å². The lowest BCUT2D eigenvalue weighted by molar-refractivity contribution is 0.0304. The van der Waals surface area contributed by atoms with Crippen LogP contribution in [-0.2, 0) is 4.74 Å². The number of carbonyl (C=O) groups excluding carboxylic acids is 2. The SMILES string of the molecule is COc1ccc(C(=O)N2CCN(c3cc(C(=O)N4CCOCC4)c4ccccc4n3)CC2)cc1OC. The van der Waals surface area contributed by atoms with Crippen molar-refractivity contribution >= 4 is 28.5 Å². The number of fused-ring (bicyclic) bond motifs is 1.